The van der Waals surface area contributed by atoms with Crippen molar-refractivity contribution >= 4 is 30.1 Å². The zero-order valence-electron chi connectivity index (χ0n) is 15.2. The van der Waals surface area contributed by atoms with E-state index in [2.05, 4.69) is 42.0 Å². The summed E-state index contributed by atoms with van der Waals surface area (Å²) in [6.07, 6.45) is 3.83. The van der Waals surface area contributed by atoms with Crippen LogP contribution in [-0.4, -0.2) is 18.7 Å². The maximum atomic E-state index is 13.0. The highest BCUT2D eigenvalue weighted by molar-refractivity contribution is 6.26. The van der Waals surface area contributed by atoms with Crippen LogP contribution in [0.25, 0.3) is 0 Å². The zero-order valence-corrected chi connectivity index (χ0v) is 16.0. The molecule has 1 amide bonds. The molecule has 2 aromatic carbocycles. The molecule has 3 nitrogen and oxygen atoms in total. The number of amides is 1. The van der Waals surface area contributed by atoms with E-state index in [1.807, 2.05) is 34.8 Å². The van der Waals surface area contributed by atoms with E-state index in [-0.39, 0.29) is 23.3 Å². The summed E-state index contributed by atoms with van der Waals surface area (Å²) in [4.78, 5) is 16.9. The minimum absolute atomic E-state index is 0.0318. The van der Waals surface area contributed by atoms with E-state index in [9.17, 15) is 4.79 Å². The van der Waals surface area contributed by atoms with Gasteiger partial charge in [-0.2, -0.15) is 0 Å². The van der Waals surface area contributed by atoms with Crippen molar-refractivity contribution in [1.29, 1.82) is 0 Å². The Labute approximate surface area is 165 Å². The average Bonchev–Trinajstić information content (AvgIpc) is 3.10. The van der Waals surface area contributed by atoms with Crippen molar-refractivity contribution in [1.82, 2.24) is 0 Å². The van der Waals surface area contributed by atoms with E-state index in [0.717, 1.165) is 31.4 Å². The highest BCUT2D eigenvalue weighted by Crippen LogP contribution is 2.72. The molecule has 2 aromatic rings. The van der Waals surface area contributed by atoms with Crippen LogP contribution in [0.1, 0.15) is 31.2 Å². The van der Waals surface area contributed by atoms with Crippen molar-refractivity contribution in [3.8, 4) is 0 Å². The molecule has 5 atom stereocenters. The number of nitrogens with zero attached hydrogens (tertiary/aromatic N) is 2. The quantitative estimate of drug-likeness (QED) is 0.554. The van der Waals surface area contributed by atoms with Crippen molar-refractivity contribution in [3.63, 3.8) is 0 Å². The van der Waals surface area contributed by atoms with Crippen molar-refractivity contribution < 1.29 is 4.79 Å². The molecule has 4 aliphatic carbocycles. The lowest BCUT2D eigenvalue weighted by Gasteiger charge is -2.44. The highest BCUT2D eigenvalue weighted by Gasteiger charge is 2.71. The van der Waals surface area contributed by atoms with Gasteiger partial charge in [0.1, 0.15) is 0 Å². The monoisotopic (exact) mass is 378 g/mol. The molecule has 6 rings (SSSR count). The second kappa shape index (κ2) is 5.93. The average molecular weight is 379 g/mol. The smallest absolute Gasteiger partial charge is 0.251 e. The Bertz CT molecular complexity index is 886. The lowest BCUT2D eigenvalue weighted by Crippen LogP contribution is -2.44. The number of hydrogen-bond donors (Lipinski definition) is 0. The summed E-state index contributed by atoms with van der Waals surface area (Å²) in [7, 11) is 0. The fraction of sp³-hybridized carbons (Fsp3) is 0.391. The Morgan fingerprint density at radius 3 is 2.37 bits per heavy atom. The van der Waals surface area contributed by atoms with Crippen LogP contribution in [0.2, 0.25) is 0 Å². The summed E-state index contributed by atoms with van der Waals surface area (Å²) >= 11 is 6.88. The number of aliphatic imine (C=N–C) groups is 1. The third kappa shape index (κ3) is 2.27. The van der Waals surface area contributed by atoms with Gasteiger partial charge < -0.3 is 0 Å². The summed E-state index contributed by atoms with van der Waals surface area (Å²) < 4.78 is 1.90. The summed E-state index contributed by atoms with van der Waals surface area (Å²) in [6.45, 7) is 3.58. The van der Waals surface area contributed by atoms with E-state index in [1.54, 1.807) is 0 Å². The molecular formula is C23H23ClN2O. The minimum Gasteiger partial charge on any atom is -0.282 e. The van der Waals surface area contributed by atoms with Gasteiger partial charge in [0.05, 0.1) is 17.1 Å². The minimum atomic E-state index is -0.410. The van der Waals surface area contributed by atoms with Crippen molar-refractivity contribution in [2.45, 2.75) is 37.1 Å². The SMILES string of the molecule is C=NC(=O)C12CC3CC(c4ccccc4)(CC1C3N(Cl)c1ccccc1)C2. The number of halogens is 1. The van der Waals surface area contributed by atoms with Crippen LogP contribution in [0.3, 0.4) is 0 Å². The second-order valence-corrected chi connectivity index (χ2v) is 8.92. The molecule has 0 saturated heterocycles. The first kappa shape index (κ1) is 17.0. The molecule has 4 fully saturated rings. The molecule has 4 saturated carbocycles. The molecule has 0 aromatic heterocycles. The highest BCUT2D eigenvalue weighted by atomic mass is 35.5. The van der Waals surface area contributed by atoms with Crippen LogP contribution >= 0.6 is 11.8 Å². The van der Waals surface area contributed by atoms with Gasteiger partial charge in [0.15, 0.2) is 0 Å². The molecule has 0 radical (unpaired) electrons. The van der Waals surface area contributed by atoms with Gasteiger partial charge in [-0.3, -0.25) is 9.21 Å². The van der Waals surface area contributed by atoms with Gasteiger partial charge in [0.2, 0.25) is 0 Å². The van der Waals surface area contributed by atoms with Crippen LogP contribution in [0.5, 0.6) is 0 Å². The molecule has 4 bridgehead atoms. The number of carbonyl (C=O) groups excluding carboxylic acids is 1. The van der Waals surface area contributed by atoms with Gasteiger partial charge >= 0.3 is 0 Å². The van der Waals surface area contributed by atoms with Crippen molar-refractivity contribution in [2.24, 2.45) is 22.2 Å². The molecule has 0 heterocycles. The summed E-state index contributed by atoms with van der Waals surface area (Å²) in [5, 5.41) is 0. The fourth-order valence-electron chi connectivity index (χ4n) is 6.56. The second-order valence-electron chi connectivity index (χ2n) is 8.56. The van der Waals surface area contributed by atoms with Crippen LogP contribution in [-0.2, 0) is 10.2 Å². The molecular weight excluding hydrogens is 356 g/mol. The standard InChI is InChI=1S/C23H23ClN2O/c1-25-21(27)23-13-16-12-22(15-23,17-8-4-2-5-9-17)14-19(23)20(16)26(24)18-10-6-3-7-11-18/h2-11,16,19-20H,1,12-15H2. The van der Waals surface area contributed by atoms with E-state index in [0.29, 0.717) is 5.92 Å². The van der Waals surface area contributed by atoms with Crippen molar-refractivity contribution in [2.75, 3.05) is 4.42 Å². The molecule has 4 aliphatic rings. The topological polar surface area (TPSA) is 32.7 Å². The maximum absolute atomic E-state index is 13.0. The first-order chi connectivity index (χ1) is 13.1. The first-order valence-corrected chi connectivity index (χ1v) is 10.0. The lowest BCUT2D eigenvalue weighted by atomic mass is 9.63. The third-order valence-corrected chi connectivity index (χ3v) is 7.79. The van der Waals surface area contributed by atoms with E-state index in [1.165, 1.54) is 5.56 Å². The maximum Gasteiger partial charge on any atom is 0.251 e. The summed E-state index contributed by atoms with van der Waals surface area (Å²) in [5.74, 6) is 0.573. The number of anilines is 1. The van der Waals surface area contributed by atoms with Gasteiger partial charge in [-0.25, -0.2) is 4.99 Å². The molecule has 5 unspecified atom stereocenters. The molecule has 27 heavy (non-hydrogen) atoms. The predicted molar refractivity (Wildman–Crippen MR) is 109 cm³/mol. The Hall–Kier alpha value is -2.13. The van der Waals surface area contributed by atoms with Crippen LogP contribution < -0.4 is 4.42 Å². The van der Waals surface area contributed by atoms with Crippen LogP contribution in [0.4, 0.5) is 5.69 Å². The number of carbonyl (C=O) groups is 1. The van der Waals surface area contributed by atoms with E-state index in [4.69, 9.17) is 11.8 Å². The van der Waals surface area contributed by atoms with Gasteiger partial charge in [-0.05, 0) is 67.3 Å². The Balaban J connectivity index is 1.57. The van der Waals surface area contributed by atoms with Gasteiger partial charge in [0.25, 0.3) is 5.91 Å². The Morgan fingerprint density at radius 2 is 1.70 bits per heavy atom. The Kier molecular flexibility index (Phi) is 3.74. The molecule has 0 aliphatic heterocycles. The molecule has 138 valence electrons. The summed E-state index contributed by atoms with van der Waals surface area (Å²) in [6, 6.07) is 21.0. The van der Waals surface area contributed by atoms with E-state index >= 15 is 0 Å². The number of rotatable bonds is 4. The third-order valence-electron chi connectivity index (χ3n) is 7.37. The Morgan fingerprint density at radius 1 is 1.04 bits per heavy atom. The predicted octanol–water partition coefficient (Wildman–Crippen LogP) is 5.00. The first-order valence-electron chi connectivity index (χ1n) is 9.66. The van der Waals surface area contributed by atoms with Gasteiger partial charge in [0, 0.05) is 11.8 Å². The largest absolute Gasteiger partial charge is 0.282 e. The zero-order chi connectivity index (χ0) is 18.6. The summed E-state index contributed by atoms with van der Waals surface area (Å²) in [5.41, 5.74) is 2.02. The van der Waals surface area contributed by atoms with E-state index < -0.39 is 5.41 Å². The van der Waals surface area contributed by atoms with Crippen LogP contribution in [0, 0.1) is 17.3 Å². The number of hydrogen-bond acceptors (Lipinski definition) is 2. The molecule has 0 N–H and O–H groups in total. The molecule has 4 heteroatoms. The van der Waals surface area contributed by atoms with Crippen molar-refractivity contribution in [3.05, 3.63) is 66.2 Å². The number of para-hydroxylation sites is 1. The molecule has 0 spiro atoms. The fourth-order valence-corrected chi connectivity index (χ4v) is 6.96. The van der Waals surface area contributed by atoms with Crippen LogP contribution in [0.15, 0.2) is 65.7 Å². The normalized spacial score (nSPS) is 36.0. The number of benzene rings is 2. The van der Waals surface area contributed by atoms with Gasteiger partial charge in [-0.15, -0.1) is 0 Å². The van der Waals surface area contributed by atoms with Gasteiger partial charge in [-0.1, -0.05) is 48.5 Å². The lowest BCUT2D eigenvalue weighted by molar-refractivity contribution is -0.129.